The van der Waals surface area contributed by atoms with E-state index in [1.54, 1.807) is 7.11 Å². The maximum Gasteiger partial charge on any atom is 0.246 e. The lowest BCUT2D eigenvalue weighted by molar-refractivity contribution is -0.114. The summed E-state index contributed by atoms with van der Waals surface area (Å²) in [4.78, 5) is 16.3. The van der Waals surface area contributed by atoms with Crippen LogP contribution in [0.25, 0.3) is 0 Å². The Kier molecular flexibility index (Phi) is 7.99. The van der Waals surface area contributed by atoms with E-state index >= 15 is 0 Å². The van der Waals surface area contributed by atoms with Crippen molar-refractivity contribution in [2.24, 2.45) is 4.99 Å². The Morgan fingerprint density at radius 3 is 2.50 bits per heavy atom. The fourth-order valence-corrected chi connectivity index (χ4v) is 2.44. The summed E-state index contributed by atoms with van der Waals surface area (Å²) in [5.41, 5.74) is 1.89. The van der Waals surface area contributed by atoms with Crippen LogP contribution >= 0.6 is 0 Å². The standard InChI is InChI=1S/C20H26N4O2/c1-3-21-20(22-14-13-16-9-7-8-12-18(16)26-2)23-15-19(25)24-17-10-5-4-6-11-17/h4-12H,3,13-15H2,1-2H3,(H,24,25)(H2,21,22,23). The normalized spacial score (nSPS) is 10.9. The molecule has 2 rings (SSSR count). The molecule has 26 heavy (non-hydrogen) atoms. The minimum atomic E-state index is -0.155. The number of nitrogens with zero attached hydrogens (tertiary/aromatic N) is 1. The van der Waals surface area contributed by atoms with Crippen molar-refractivity contribution in [3.63, 3.8) is 0 Å². The molecule has 0 aliphatic heterocycles. The highest BCUT2D eigenvalue weighted by atomic mass is 16.5. The molecule has 0 aromatic heterocycles. The molecule has 6 heteroatoms. The number of benzene rings is 2. The maximum absolute atomic E-state index is 12.0. The lowest BCUT2D eigenvalue weighted by atomic mass is 10.1. The van der Waals surface area contributed by atoms with Crippen LogP contribution in [0.2, 0.25) is 0 Å². The number of hydrogen-bond donors (Lipinski definition) is 3. The van der Waals surface area contributed by atoms with E-state index in [0.717, 1.165) is 30.0 Å². The van der Waals surface area contributed by atoms with Gasteiger partial charge >= 0.3 is 0 Å². The van der Waals surface area contributed by atoms with Gasteiger partial charge in [-0.3, -0.25) is 4.79 Å². The van der Waals surface area contributed by atoms with Crippen molar-refractivity contribution in [2.45, 2.75) is 13.3 Å². The summed E-state index contributed by atoms with van der Waals surface area (Å²) in [6.07, 6.45) is 0.796. The number of ether oxygens (including phenoxy) is 1. The first-order valence-electron chi connectivity index (χ1n) is 8.72. The zero-order chi connectivity index (χ0) is 18.6. The van der Waals surface area contributed by atoms with Crippen molar-refractivity contribution in [2.75, 3.05) is 32.1 Å². The van der Waals surface area contributed by atoms with Gasteiger partial charge in [-0.15, -0.1) is 0 Å². The van der Waals surface area contributed by atoms with Gasteiger partial charge in [0.1, 0.15) is 12.3 Å². The first-order chi connectivity index (χ1) is 12.7. The van der Waals surface area contributed by atoms with E-state index in [0.29, 0.717) is 12.5 Å². The Hall–Kier alpha value is -3.02. The van der Waals surface area contributed by atoms with Crippen LogP contribution in [0.4, 0.5) is 5.69 Å². The minimum absolute atomic E-state index is 0.0545. The molecule has 0 saturated heterocycles. The Balaban J connectivity index is 1.85. The van der Waals surface area contributed by atoms with Gasteiger partial charge in [0.25, 0.3) is 0 Å². The molecule has 0 atom stereocenters. The van der Waals surface area contributed by atoms with Gasteiger partial charge in [0, 0.05) is 18.8 Å². The summed E-state index contributed by atoms with van der Waals surface area (Å²) in [6, 6.07) is 17.3. The lowest BCUT2D eigenvalue weighted by Gasteiger charge is -2.12. The van der Waals surface area contributed by atoms with E-state index in [-0.39, 0.29) is 12.5 Å². The highest BCUT2D eigenvalue weighted by Gasteiger charge is 2.04. The first-order valence-corrected chi connectivity index (χ1v) is 8.72. The predicted octanol–water partition coefficient (Wildman–Crippen LogP) is 2.43. The van der Waals surface area contributed by atoms with Crippen molar-refractivity contribution in [3.8, 4) is 5.75 Å². The Morgan fingerprint density at radius 2 is 1.77 bits per heavy atom. The molecular weight excluding hydrogens is 328 g/mol. The van der Waals surface area contributed by atoms with E-state index in [1.807, 2.05) is 61.5 Å². The lowest BCUT2D eigenvalue weighted by Crippen LogP contribution is -2.39. The average Bonchev–Trinajstić information content (AvgIpc) is 2.67. The highest BCUT2D eigenvalue weighted by molar-refractivity contribution is 5.94. The largest absolute Gasteiger partial charge is 0.496 e. The number of carbonyl (C=O) groups excluding carboxylic acids is 1. The smallest absolute Gasteiger partial charge is 0.246 e. The van der Waals surface area contributed by atoms with Gasteiger partial charge in [-0.1, -0.05) is 36.4 Å². The van der Waals surface area contributed by atoms with Gasteiger partial charge in [-0.2, -0.15) is 0 Å². The molecule has 0 spiro atoms. The molecule has 0 aliphatic rings. The van der Waals surface area contributed by atoms with Crippen molar-refractivity contribution in [1.82, 2.24) is 10.6 Å². The van der Waals surface area contributed by atoms with Crippen molar-refractivity contribution < 1.29 is 9.53 Å². The van der Waals surface area contributed by atoms with Crippen LogP contribution < -0.4 is 20.7 Å². The van der Waals surface area contributed by atoms with Gasteiger partial charge in [-0.05, 0) is 37.1 Å². The molecular formula is C20H26N4O2. The Bertz CT molecular complexity index is 717. The van der Waals surface area contributed by atoms with Crippen molar-refractivity contribution >= 4 is 17.6 Å². The van der Waals surface area contributed by atoms with E-state index in [1.165, 1.54) is 0 Å². The molecule has 2 aromatic carbocycles. The molecule has 0 aliphatic carbocycles. The second-order valence-electron chi connectivity index (χ2n) is 5.60. The number of methoxy groups -OCH3 is 1. The van der Waals surface area contributed by atoms with Crippen LogP contribution in [-0.4, -0.2) is 38.6 Å². The van der Waals surface area contributed by atoms with E-state index in [9.17, 15) is 4.79 Å². The van der Waals surface area contributed by atoms with Gasteiger partial charge < -0.3 is 20.7 Å². The maximum atomic E-state index is 12.0. The van der Waals surface area contributed by atoms with Crippen LogP contribution in [-0.2, 0) is 11.2 Å². The summed E-state index contributed by atoms with van der Waals surface area (Å²) < 4.78 is 5.36. The zero-order valence-corrected chi connectivity index (χ0v) is 15.3. The van der Waals surface area contributed by atoms with Crippen LogP contribution in [0.3, 0.4) is 0 Å². The van der Waals surface area contributed by atoms with Gasteiger partial charge in [0.2, 0.25) is 5.91 Å². The van der Waals surface area contributed by atoms with Crippen molar-refractivity contribution in [3.05, 3.63) is 60.2 Å². The SMILES string of the molecule is CCNC(=NCC(=O)Nc1ccccc1)NCCc1ccccc1OC. The molecule has 0 fully saturated rings. The van der Waals surface area contributed by atoms with Crippen molar-refractivity contribution in [1.29, 1.82) is 0 Å². The predicted molar refractivity (Wildman–Crippen MR) is 106 cm³/mol. The monoisotopic (exact) mass is 354 g/mol. The number of carbonyl (C=O) groups is 1. The topological polar surface area (TPSA) is 74.8 Å². The molecule has 6 nitrogen and oxygen atoms in total. The number of para-hydroxylation sites is 2. The second-order valence-corrected chi connectivity index (χ2v) is 5.60. The van der Waals surface area contributed by atoms with E-state index in [2.05, 4.69) is 20.9 Å². The molecule has 138 valence electrons. The molecule has 0 unspecified atom stereocenters. The zero-order valence-electron chi connectivity index (χ0n) is 15.3. The number of anilines is 1. The Labute approximate surface area is 154 Å². The third-order valence-electron chi connectivity index (χ3n) is 3.66. The molecule has 0 heterocycles. The quantitative estimate of drug-likeness (QED) is 0.503. The molecule has 3 N–H and O–H groups in total. The summed E-state index contributed by atoms with van der Waals surface area (Å²) >= 11 is 0. The third-order valence-corrected chi connectivity index (χ3v) is 3.66. The first kappa shape index (κ1) is 19.3. The molecule has 1 amide bonds. The number of nitrogens with one attached hydrogen (secondary N) is 3. The number of amides is 1. The van der Waals surface area contributed by atoms with Crippen LogP contribution in [0.5, 0.6) is 5.75 Å². The van der Waals surface area contributed by atoms with Gasteiger partial charge in [0.05, 0.1) is 7.11 Å². The minimum Gasteiger partial charge on any atom is -0.496 e. The van der Waals surface area contributed by atoms with Crippen LogP contribution in [0, 0.1) is 0 Å². The number of aliphatic imine (C=N–C) groups is 1. The Morgan fingerprint density at radius 1 is 1.04 bits per heavy atom. The van der Waals surface area contributed by atoms with E-state index in [4.69, 9.17) is 4.74 Å². The summed E-state index contributed by atoms with van der Waals surface area (Å²) in [7, 11) is 1.67. The fraction of sp³-hybridized carbons (Fsp3) is 0.300. The van der Waals surface area contributed by atoms with Gasteiger partial charge in [0.15, 0.2) is 5.96 Å². The van der Waals surface area contributed by atoms with E-state index < -0.39 is 0 Å². The molecule has 2 aromatic rings. The fourth-order valence-electron chi connectivity index (χ4n) is 2.44. The third kappa shape index (κ3) is 6.47. The summed E-state index contributed by atoms with van der Waals surface area (Å²) in [6.45, 7) is 3.45. The van der Waals surface area contributed by atoms with Gasteiger partial charge in [-0.25, -0.2) is 4.99 Å². The summed E-state index contributed by atoms with van der Waals surface area (Å²) in [5, 5.41) is 9.21. The van der Waals surface area contributed by atoms with Crippen LogP contribution in [0.15, 0.2) is 59.6 Å². The number of rotatable bonds is 8. The molecule has 0 radical (unpaired) electrons. The molecule has 0 bridgehead atoms. The highest BCUT2D eigenvalue weighted by Crippen LogP contribution is 2.17. The number of hydrogen-bond acceptors (Lipinski definition) is 3. The second kappa shape index (κ2) is 10.8. The number of guanidine groups is 1. The average molecular weight is 354 g/mol. The summed E-state index contributed by atoms with van der Waals surface area (Å²) in [5.74, 6) is 1.34. The molecule has 0 saturated carbocycles. The van der Waals surface area contributed by atoms with Crippen LogP contribution in [0.1, 0.15) is 12.5 Å².